The molecule has 1 heterocycles. The Morgan fingerprint density at radius 1 is 1.06 bits per heavy atom. The molecule has 1 aliphatic heterocycles. The Bertz CT molecular complexity index is 917. The molecule has 1 saturated heterocycles. The molecule has 0 bridgehead atoms. The van der Waals surface area contributed by atoms with E-state index in [2.05, 4.69) is 84.9 Å². The number of ether oxygens (including phenoxy) is 2. The van der Waals surface area contributed by atoms with Crippen LogP contribution in [0.2, 0.25) is 23.2 Å². The van der Waals surface area contributed by atoms with E-state index in [1.54, 1.807) is 0 Å². The van der Waals surface area contributed by atoms with Crippen molar-refractivity contribution in [1.82, 2.24) is 0 Å². The zero-order chi connectivity index (χ0) is 25.7. The molecule has 0 aromatic heterocycles. The van der Waals surface area contributed by atoms with Gasteiger partial charge in [-0.15, -0.1) is 0 Å². The molecule has 6 nitrogen and oxygen atoms in total. The standard InChI is InChI=1S/C19H24BrClOSi.C6H12O5/c1-19(2,3)23(4,5)22-17-9-6-14(7-10-17)12-15-13-16(20)8-11-18(15)21;1-10-6-5(9)4(8)3(7)2-11-6/h6-11,13H,12H2,1-5H3;3-9H,2H2,1H3. The van der Waals surface area contributed by atoms with Gasteiger partial charge in [-0.25, -0.2) is 0 Å². The average molecular weight is 576 g/mol. The van der Waals surface area contributed by atoms with Gasteiger partial charge in [0, 0.05) is 16.6 Å². The van der Waals surface area contributed by atoms with Crippen LogP contribution in [0.3, 0.4) is 0 Å². The molecule has 2 aromatic carbocycles. The minimum absolute atomic E-state index is 0.0171. The van der Waals surface area contributed by atoms with E-state index in [-0.39, 0.29) is 11.6 Å². The van der Waals surface area contributed by atoms with Crippen LogP contribution >= 0.6 is 27.5 Å². The van der Waals surface area contributed by atoms with Crippen molar-refractivity contribution < 1.29 is 29.2 Å². The van der Waals surface area contributed by atoms with Crippen LogP contribution in [-0.2, 0) is 15.9 Å². The van der Waals surface area contributed by atoms with Crippen molar-refractivity contribution in [2.75, 3.05) is 13.7 Å². The summed E-state index contributed by atoms with van der Waals surface area (Å²) in [6, 6.07) is 14.4. The number of methoxy groups -OCH3 is 1. The lowest BCUT2D eigenvalue weighted by atomic mass is 10.1. The molecular formula is C25H36BrClO6Si. The van der Waals surface area contributed by atoms with Crippen molar-refractivity contribution in [2.24, 2.45) is 0 Å². The fourth-order valence-electron chi connectivity index (χ4n) is 3.01. The second kappa shape index (κ2) is 12.3. The predicted molar refractivity (Wildman–Crippen MR) is 141 cm³/mol. The molecule has 1 aliphatic rings. The first kappa shape index (κ1) is 29.3. The Kier molecular flexibility index (Phi) is 10.6. The predicted octanol–water partition coefficient (Wildman–Crippen LogP) is 5.15. The molecule has 1 fully saturated rings. The summed E-state index contributed by atoms with van der Waals surface area (Å²) in [5, 5.41) is 28.2. The molecule has 0 aliphatic carbocycles. The van der Waals surface area contributed by atoms with Gasteiger partial charge in [0.2, 0.25) is 8.32 Å². The van der Waals surface area contributed by atoms with Crippen molar-refractivity contribution >= 4 is 35.8 Å². The Morgan fingerprint density at radius 3 is 2.24 bits per heavy atom. The topological polar surface area (TPSA) is 88.4 Å². The highest BCUT2D eigenvalue weighted by atomic mass is 79.9. The van der Waals surface area contributed by atoms with Crippen LogP contribution < -0.4 is 4.43 Å². The van der Waals surface area contributed by atoms with Crippen LogP contribution in [0.15, 0.2) is 46.9 Å². The number of benzene rings is 2. The summed E-state index contributed by atoms with van der Waals surface area (Å²) in [6.07, 6.45) is -3.42. The number of aliphatic hydroxyl groups is 3. The average Bonchev–Trinajstić information content (AvgIpc) is 2.76. The van der Waals surface area contributed by atoms with Gasteiger partial charge in [-0.3, -0.25) is 0 Å². The molecule has 3 N–H and O–H groups in total. The van der Waals surface area contributed by atoms with E-state index in [9.17, 15) is 0 Å². The number of aliphatic hydroxyl groups excluding tert-OH is 3. The smallest absolute Gasteiger partial charge is 0.250 e. The lowest BCUT2D eigenvalue weighted by molar-refractivity contribution is -0.261. The van der Waals surface area contributed by atoms with Crippen LogP contribution in [0.4, 0.5) is 0 Å². The zero-order valence-electron chi connectivity index (χ0n) is 20.6. The Balaban J connectivity index is 0.000000310. The molecule has 4 atom stereocenters. The Hall–Kier alpha value is -0.973. The van der Waals surface area contributed by atoms with E-state index in [4.69, 9.17) is 36.1 Å². The van der Waals surface area contributed by atoms with Crippen molar-refractivity contribution in [1.29, 1.82) is 0 Å². The van der Waals surface area contributed by atoms with E-state index in [1.165, 1.54) is 12.7 Å². The second-order valence-electron chi connectivity index (χ2n) is 9.90. The third-order valence-electron chi connectivity index (χ3n) is 6.19. The SMILES string of the molecule is CC(C)(C)[Si](C)(C)Oc1ccc(Cc2cc(Br)ccc2Cl)cc1.COC1OCC(O)C(O)C1O. The van der Waals surface area contributed by atoms with Crippen molar-refractivity contribution in [2.45, 2.75) is 69.9 Å². The van der Waals surface area contributed by atoms with Crippen LogP contribution in [0.5, 0.6) is 5.75 Å². The Labute approximate surface area is 217 Å². The summed E-state index contributed by atoms with van der Waals surface area (Å²) >= 11 is 9.77. The summed E-state index contributed by atoms with van der Waals surface area (Å²) in [4.78, 5) is 0. The monoisotopic (exact) mass is 574 g/mol. The van der Waals surface area contributed by atoms with Gasteiger partial charge >= 0.3 is 0 Å². The van der Waals surface area contributed by atoms with Crippen LogP contribution in [0, 0.1) is 0 Å². The lowest BCUT2D eigenvalue weighted by Gasteiger charge is -2.36. The van der Waals surface area contributed by atoms with Gasteiger partial charge in [0.25, 0.3) is 0 Å². The van der Waals surface area contributed by atoms with E-state index < -0.39 is 32.9 Å². The Morgan fingerprint density at radius 2 is 1.68 bits per heavy atom. The molecule has 3 rings (SSSR count). The number of hydrogen-bond donors (Lipinski definition) is 3. The third-order valence-corrected chi connectivity index (χ3v) is 11.4. The first-order valence-electron chi connectivity index (χ1n) is 11.2. The van der Waals surface area contributed by atoms with Crippen molar-refractivity contribution in [3.63, 3.8) is 0 Å². The van der Waals surface area contributed by atoms with Crippen molar-refractivity contribution in [3.8, 4) is 5.75 Å². The highest BCUT2D eigenvalue weighted by Crippen LogP contribution is 2.37. The van der Waals surface area contributed by atoms with E-state index in [0.717, 1.165) is 27.2 Å². The maximum absolute atomic E-state index is 9.15. The second-order valence-corrected chi connectivity index (χ2v) is 16.0. The molecule has 0 amide bonds. The fourth-order valence-corrected chi connectivity index (χ4v) is 4.63. The van der Waals surface area contributed by atoms with Crippen molar-refractivity contribution in [3.05, 3.63) is 63.1 Å². The molecule has 4 unspecified atom stereocenters. The summed E-state index contributed by atoms with van der Waals surface area (Å²) in [6.45, 7) is 11.3. The summed E-state index contributed by atoms with van der Waals surface area (Å²) < 4.78 is 16.9. The van der Waals surface area contributed by atoms with Gasteiger partial charge in [0.05, 0.1) is 6.61 Å². The molecular weight excluding hydrogens is 540 g/mol. The molecule has 9 heteroatoms. The van der Waals surface area contributed by atoms with Gasteiger partial charge in [-0.05, 0) is 66.0 Å². The van der Waals surface area contributed by atoms with E-state index >= 15 is 0 Å². The van der Waals surface area contributed by atoms with Gasteiger partial charge in [0.15, 0.2) is 6.29 Å². The highest BCUT2D eigenvalue weighted by molar-refractivity contribution is 9.10. The molecule has 190 valence electrons. The molecule has 0 spiro atoms. The minimum Gasteiger partial charge on any atom is -0.544 e. The van der Waals surface area contributed by atoms with Gasteiger partial charge in [0.1, 0.15) is 24.1 Å². The van der Waals surface area contributed by atoms with E-state index in [1.807, 2.05) is 12.1 Å². The van der Waals surface area contributed by atoms with Gasteiger partial charge < -0.3 is 29.2 Å². The van der Waals surface area contributed by atoms with Gasteiger partial charge in [-0.1, -0.05) is 60.4 Å². The van der Waals surface area contributed by atoms with Crippen LogP contribution in [0.1, 0.15) is 31.9 Å². The third kappa shape index (κ3) is 8.03. The minimum atomic E-state index is -1.78. The number of rotatable bonds is 5. The van der Waals surface area contributed by atoms with Gasteiger partial charge in [-0.2, -0.15) is 0 Å². The first-order chi connectivity index (χ1) is 15.7. The maximum atomic E-state index is 9.15. The fraction of sp³-hybridized carbons (Fsp3) is 0.520. The highest BCUT2D eigenvalue weighted by Gasteiger charge is 2.39. The normalized spacial score (nSPS) is 23.1. The largest absolute Gasteiger partial charge is 0.544 e. The van der Waals surface area contributed by atoms with Crippen LogP contribution in [0.25, 0.3) is 0 Å². The number of halogens is 2. The summed E-state index contributed by atoms with van der Waals surface area (Å²) in [5.74, 6) is 0.959. The molecule has 34 heavy (non-hydrogen) atoms. The maximum Gasteiger partial charge on any atom is 0.250 e. The quantitative estimate of drug-likeness (QED) is 0.428. The zero-order valence-corrected chi connectivity index (χ0v) is 23.9. The molecule has 0 saturated carbocycles. The lowest BCUT2D eigenvalue weighted by Crippen LogP contribution is -2.53. The number of hydrogen-bond acceptors (Lipinski definition) is 6. The van der Waals surface area contributed by atoms with Crippen LogP contribution in [-0.4, -0.2) is 62.0 Å². The molecule has 0 radical (unpaired) electrons. The van der Waals surface area contributed by atoms with E-state index in [0.29, 0.717) is 0 Å². The summed E-state index contributed by atoms with van der Waals surface area (Å²) in [7, 11) is -0.422. The molecule has 2 aromatic rings. The first-order valence-corrected chi connectivity index (χ1v) is 15.2. The summed E-state index contributed by atoms with van der Waals surface area (Å²) in [5.41, 5.74) is 2.35.